The molecule has 0 aliphatic carbocycles. The Morgan fingerprint density at radius 1 is 0.961 bits per heavy atom. The van der Waals surface area contributed by atoms with Crippen LogP contribution in [-0.2, 0) is 47.5 Å². The number of rotatable bonds is 24. The normalized spacial score (nSPS) is 17.6. The number of fused-ring (bicyclic) bond motifs is 2. The summed E-state index contributed by atoms with van der Waals surface area (Å²) in [7, 11) is -17.0. The lowest BCUT2D eigenvalue weighted by Crippen LogP contribution is -2.34. The molecular formula is C51H58N3O20P3. The van der Waals surface area contributed by atoms with Crippen LogP contribution in [-0.4, -0.2) is 90.7 Å². The second-order valence-corrected chi connectivity index (χ2v) is 22.2. The zero-order valence-electron chi connectivity index (χ0n) is 42.3. The Hall–Kier alpha value is -6.34. The van der Waals surface area contributed by atoms with Crippen molar-refractivity contribution >= 4 is 53.0 Å². The van der Waals surface area contributed by atoms with Crippen molar-refractivity contribution in [3.8, 4) is 23.3 Å². The predicted octanol–water partition coefficient (Wildman–Crippen LogP) is 6.24. The number of alkyl carbamates (subject to hydrolysis) is 1. The number of phosphoric acid groups is 3. The first-order valence-electron chi connectivity index (χ1n) is 24.0. The average molecular weight is 1130 g/mol. The van der Waals surface area contributed by atoms with Gasteiger partial charge in [0.2, 0.25) is 0 Å². The lowest BCUT2D eigenvalue weighted by Gasteiger charge is -2.24. The van der Waals surface area contributed by atoms with Gasteiger partial charge in [-0.3, -0.25) is 23.7 Å². The number of nitrogens with zero attached hydrogens (tertiary/aromatic N) is 1. The molecule has 0 saturated carbocycles. The molecule has 1 fully saturated rings. The number of phosphoric ester groups is 1. The van der Waals surface area contributed by atoms with Crippen LogP contribution in [0.4, 0.5) is 4.79 Å². The molecule has 77 heavy (non-hydrogen) atoms. The highest BCUT2D eigenvalue weighted by Gasteiger charge is 2.44. The molecule has 3 aromatic carbocycles. The minimum Gasteiger partial charge on any atom is -0.478 e. The van der Waals surface area contributed by atoms with Crippen molar-refractivity contribution in [2.75, 3.05) is 26.4 Å². The summed E-state index contributed by atoms with van der Waals surface area (Å²) in [5.41, 5.74) is 3.65. The molecule has 412 valence electrons. The first kappa shape index (κ1) is 59.9. The molecule has 23 nitrogen and oxygen atoms in total. The molecule has 6 rings (SSSR count). The van der Waals surface area contributed by atoms with Gasteiger partial charge in [-0.05, 0) is 109 Å². The summed E-state index contributed by atoms with van der Waals surface area (Å²) in [6.07, 6.45) is 3.31. The molecule has 1 saturated heterocycles. The molecule has 1 aromatic heterocycles. The smallest absolute Gasteiger partial charge is 0.478 e. The van der Waals surface area contributed by atoms with Gasteiger partial charge >= 0.3 is 41.2 Å². The Morgan fingerprint density at radius 3 is 2.40 bits per heavy atom. The Kier molecular flexibility index (Phi) is 20.1. The van der Waals surface area contributed by atoms with E-state index >= 15 is 0 Å². The first-order chi connectivity index (χ1) is 36.3. The molecule has 1 amide bonds. The summed E-state index contributed by atoms with van der Waals surface area (Å²) in [4.78, 5) is 104. The van der Waals surface area contributed by atoms with Gasteiger partial charge in [0.15, 0.2) is 5.78 Å². The van der Waals surface area contributed by atoms with E-state index in [1.807, 2.05) is 45.0 Å². The van der Waals surface area contributed by atoms with E-state index in [0.717, 1.165) is 57.5 Å². The molecule has 4 aromatic rings. The van der Waals surface area contributed by atoms with E-state index in [1.54, 1.807) is 6.07 Å². The molecule has 0 radical (unpaired) electrons. The van der Waals surface area contributed by atoms with Gasteiger partial charge in [0.05, 0.1) is 31.4 Å². The van der Waals surface area contributed by atoms with Gasteiger partial charge in [-0.15, -0.1) is 6.58 Å². The van der Waals surface area contributed by atoms with Crippen molar-refractivity contribution in [3.63, 3.8) is 0 Å². The van der Waals surface area contributed by atoms with Crippen LogP contribution in [0.5, 0.6) is 11.5 Å². The Labute approximate surface area is 441 Å². The second kappa shape index (κ2) is 25.9. The highest BCUT2D eigenvalue weighted by molar-refractivity contribution is 7.66. The molecule has 26 heteroatoms. The van der Waals surface area contributed by atoms with Crippen LogP contribution in [0.3, 0.4) is 0 Å². The maximum absolute atomic E-state index is 13.8. The number of aromatic amines is 1. The minimum absolute atomic E-state index is 0.0285. The molecule has 2 aliphatic rings. The number of carboxylic acids is 1. The maximum Gasteiger partial charge on any atom is 0.490 e. The fourth-order valence-corrected chi connectivity index (χ4v) is 11.5. The fourth-order valence-electron chi connectivity index (χ4n) is 8.47. The van der Waals surface area contributed by atoms with Crippen LogP contribution in [0.2, 0.25) is 0 Å². The predicted molar refractivity (Wildman–Crippen MR) is 279 cm³/mol. The van der Waals surface area contributed by atoms with E-state index < -0.39 is 71.8 Å². The number of carbonyl (C=O) groups excluding carboxylic acids is 2. The Morgan fingerprint density at radius 2 is 1.71 bits per heavy atom. The summed E-state index contributed by atoms with van der Waals surface area (Å²) in [5, 5.41) is 14.6. The largest absolute Gasteiger partial charge is 0.490 e. The highest BCUT2D eigenvalue weighted by Crippen LogP contribution is 2.66. The number of aromatic nitrogens is 2. The van der Waals surface area contributed by atoms with Crippen molar-refractivity contribution in [2.24, 2.45) is 0 Å². The molecular weight excluding hydrogens is 1070 g/mol. The number of nitrogens with one attached hydrogen (secondary N) is 2. The van der Waals surface area contributed by atoms with Crippen molar-refractivity contribution in [1.82, 2.24) is 14.9 Å². The van der Waals surface area contributed by atoms with Gasteiger partial charge in [-0.25, -0.2) is 28.1 Å². The number of ether oxygens (including phenoxy) is 4. The monoisotopic (exact) mass is 1130 g/mol. The summed E-state index contributed by atoms with van der Waals surface area (Å²) in [6, 6.07) is 12.6. The lowest BCUT2D eigenvalue weighted by molar-refractivity contribution is -0.0571. The maximum atomic E-state index is 13.8. The SMILES string of the molecule is C=CCO[C@@H]1C[C@H](n2cc(C#CCNC(=O)OCC(=C)CCCC(=O)c3ccc(C(=O)O)c(C4=c5cc(C)/c(=C\CC)cc5Oc5cc(CCC)c(C)cc54)c3)c(=O)[nH]c2=O)O[C@@H]1COP(=O)(O)OP(=O)(O)OP(=O)(O)O. The summed E-state index contributed by atoms with van der Waals surface area (Å²) in [6.45, 7) is 14.1. The van der Waals surface area contributed by atoms with Gasteiger partial charge in [-0.1, -0.05) is 56.9 Å². The molecule has 5 atom stereocenters. The number of carbonyl (C=O) groups is 3. The van der Waals surface area contributed by atoms with E-state index in [1.165, 1.54) is 18.2 Å². The Balaban J connectivity index is 1.05. The standard InChI is InChI=1S/C51H58N3O20P3/c1-7-12-33-24-42-39(21-31(33)5)47(40-22-32(6)34(13-8-2)25-43(40)71-42)38-23-35(17-18-37(38)49(57)58)41(55)16-10-14-30(4)28-69-51(60)52-19-11-15-36-27-54(50(59)53-48(36)56)46-26-44(68-20-9-3)45(72-46)29-70-76(64,65)74-77(66,67)73-75(61,62)63/h9,12,17-18,21-25,27,44-46H,3-4,7-8,10,13-14,16,19-20,26,28-29H2,1-2,5-6H3,(H,52,60)(H,57,58)(H,64,65)(H,66,67)(H,53,56,59)(H2,61,62,63)/b33-12-/t44-,45-,46-/m1/s1. The highest BCUT2D eigenvalue weighted by atomic mass is 31.3. The van der Waals surface area contributed by atoms with Gasteiger partial charge in [-0.2, -0.15) is 8.62 Å². The molecule has 0 spiro atoms. The number of carboxylic acid groups (broad SMARTS) is 1. The van der Waals surface area contributed by atoms with Gasteiger partial charge in [0.1, 0.15) is 36.0 Å². The minimum atomic E-state index is -5.81. The van der Waals surface area contributed by atoms with Gasteiger partial charge in [0, 0.05) is 41.0 Å². The topological polar surface area (TPSA) is 335 Å². The second-order valence-electron chi connectivity index (χ2n) is 17.8. The zero-order chi connectivity index (χ0) is 56.4. The van der Waals surface area contributed by atoms with E-state index in [0.29, 0.717) is 51.8 Å². The molecule has 2 unspecified atom stereocenters. The van der Waals surface area contributed by atoms with Crippen LogP contribution in [0.1, 0.15) is 113 Å². The molecule has 7 N–H and O–H groups in total. The fraction of sp³-hybridized carbons (Fsp3) is 0.353. The van der Waals surface area contributed by atoms with Crippen LogP contribution in [0, 0.1) is 25.7 Å². The number of hydrogen-bond acceptors (Lipinski definition) is 15. The molecule has 0 bridgehead atoms. The summed E-state index contributed by atoms with van der Waals surface area (Å²) in [5.74, 6) is 4.91. The third kappa shape index (κ3) is 16.1. The van der Waals surface area contributed by atoms with E-state index in [-0.39, 0.29) is 49.5 Å². The average Bonchev–Trinajstić information content (AvgIpc) is 3.77. The van der Waals surface area contributed by atoms with Crippen LogP contribution in [0.15, 0.2) is 83.1 Å². The zero-order valence-corrected chi connectivity index (χ0v) is 45.0. The van der Waals surface area contributed by atoms with Crippen molar-refractivity contribution in [1.29, 1.82) is 0 Å². The quantitative estimate of drug-likeness (QED) is 0.0156. The van der Waals surface area contributed by atoms with Crippen molar-refractivity contribution < 1.29 is 84.9 Å². The van der Waals surface area contributed by atoms with E-state index in [4.69, 9.17) is 33.3 Å². The summed E-state index contributed by atoms with van der Waals surface area (Å²) < 4.78 is 71.3. The van der Waals surface area contributed by atoms with Crippen LogP contribution < -0.4 is 31.7 Å². The first-order valence-corrected chi connectivity index (χ1v) is 28.5. The van der Waals surface area contributed by atoms with Crippen LogP contribution in [0.25, 0.3) is 11.6 Å². The number of aryl methyl sites for hydroxylation is 3. The number of Topliss-reactive ketones (excluding diaryl/α,β-unsaturated/α-hetero) is 1. The number of ketones is 1. The third-order valence-electron chi connectivity index (χ3n) is 11.9. The Bertz CT molecular complexity index is 3440. The molecule has 2 aliphatic heterocycles. The van der Waals surface area contributed by atoms with E-state index in [2.05, 4.69) is 56.9 Å². The van der Waals surface area contributed by atoms with Gasteiger partial charge in [0.25, 0.3) is 5.56 Å². The van der Waals surface area contributed by atoms with Gasteiger partial charge < -0.3 is 48.9 Å². The number of aromatic carboxylic acids is 1. The molecule has 3 heterocycles. The lowest BCUT2D eigenvalue weighted by atomic mass is 9.85. The number of benzene rings is 3. The van der Waals surface area contributed by atoms with Crippen molar-refractivity contribution in [2.45, 2.75) is 91.1 Å². The summed E-state index contributed by atoms with van der Waals surface area (Å²) >= 11 is 0. The number of amides is 1. The third-order valence-corrected chi connectivity index (χ3v) is 15.7. The van der Waals surface area contributed by atoms with Crippen molar-refractivity contribution in [3.05, 3.63) is 149 Å². The van der Waals surface area contributed by atoms with E-state index in [9.17, 15) is 52.6 Å². The van der Waals surface area contributed by atoms with Crippen LogP contribution >= 0.6 is 23.5 Å². The number of hydrogen-bond donors (Lipinski definition) is 7. The number of H-pyrrole nitrogens is 1.